The molecule has 0 saturated heterocycles. The predicted molar refractivity (Wildman–Crippen MR) is 80.4 cm³/mol. The van der Waals surface area contributed by atoms with Crippen LogP contribution in [-0.4, -0.2) is 12.2 Å². The highest BCUT2D eigenvalue weighted by molar-refractivity contribution is 6.32. The molecule has 2 nitrogen and oxygen atoms in total. The number of rotatable bonds is 2. The van der Waals surface area contributed by atoms with Gasteiger partial charge in [0.15, 0.2) is 0 Å². The number of aryl methyl sites for hydroxylation is 1. The summed E-state index contributed by atoms with van der Waals surface area (Å²) in [7, 11) is 1.59. The summed E-state index contributed by atoms with van der Waals surface area (Å²) in [5.41, 5.74) is 2.58. The van der Waals surface area contributed by atoms with E-state index in [9.17, 15) is 5.11 Å². The lowest BCUT2D eigenvalue weighted by Crippen LogP contribution is -2.33. The Kier molecular flexibility index (Phi) is 3.45. The van der Waals surface area contributed by atoms with Crippen molar-refractivity contribution >= 4 is 11.6 Å². The largest absolute Gasteiger partial charge is 0.495 e. The highest BCUT2D eigenvalue weighted by Gasteiger charge is 2.34. The fourth-order valence-corrected chi connectivity index (χ4v) is 3.11. The minimum Gasteiger partial charge on any atom is -0.495 e. The Hall–Kier alpha value is -1.51. The molecule has 3 heteroatoms. The topological polar surface area (TPSA) is 29.5 Å². The predicted octanol–water partition coefficient (Wildman–Crippen LogP) is 3.73. The van der Waals surface area contributed by atoms with Gasteiger partial charge in [0.05, 0.1) is 17.7 Å². The smallest absolute Gasteiger partial charge is 0.137 e. The quantitative estimate of drug-likeness (QED) is 0.912. The number of hydrogen-bond acceptors (Lipinski definition) is 2. The van der Waals surface area contributed by atoms with Gasteiger partial charge in [-0.25, -0.2) is 0 Å². The summed E-state index contributed by atoms with van der Waals surface area (Å²) in [5, 5.41) is 11.6. The van der Waals surface area contributed by atoms with Crippen molar-refractivity contribution < 1.29 is 9.84 Å². The van der Waals surface area contributed by atoms with Crippen LogP contribution in [0.3, 0.4) is 0 Å². The van der Waals surface area contributed by atoms with Crippen molar-refractivity contribution in [3.05, 3.63) is 64.2 Å². The SMILES string of the molecule is COc1cc(C2(O)CCc3ccccc3C2)ccc1Cl. The van der Waals surface area contributed by atoms with Gasteiger partial charge < -0.3 is 9.84 Å². The van der Waals surface area contributed by atoms with Crippen LogP contribution in [0.4, 0.5) is 0 Å². The maximum Gasteiger partial charge on any atom is 0.137 e. The second-order valence-corrected chi connectivity index (χ2v) is 5.73. The van der Waals surface area contributed by atoms with E-state index >= 15 is 0 Å². The summed E-state index contributed by atoms with van der Waals surface area (Å²) in [5.74, 6) is 0.608. The molecule has 1 atom stereocenters. The third-order valence-corrected chi connectivity index (χ3v) is 4.41. The molecule has 0 bridgehead atoms. The molecule has 2 aromatic rings. The Labute approximate surface area is 124 Å². The van der Waals surface area contributed by atoms with Gasteiger partial charge in [0.2, 0.25) is 0 Å². The van der Waals surface area contributed by atoms with Crippen LogP contribution in [0.5, 0.6) is 5.75 Å². The number of ether oxygens (including phenoxy) is 1. The van der Waals surface area contributed by atoms with Crippen LogP contribution in [0.2, 0.25) is 5.02 Å². The molecule has 3 rings (SSSR count). The minimum absolute atomic E-state index is 0.566. The fourth-order valence-electron chi connectivity index (χ4n) is 2.91. The molecular weight excluding hydrogens is 272 g/mol. The lowest BCUT2D eigenvalue weighted by Gasteiger charge is -2.34. The maximum atomic E-state index is 11.0. The Morgan fingerprint density at radius 3 is 2.65 bits per heavy atom. The van der Waals surface area contributed by atoms with Crippen molar-refractivity contribution in [2.45, 2.75) is 24.9 Å². The van der Waals surface area contributed by atoms with Crippen molar-refractivity contribution in [3.63, 3.8) is 0 Å². The first kappa shape index (κ1) is 13.5. The van der Waals surface area contributed by atoms with Crippen LogP contribution >= 0.6 is 11.6 Å². The van der Waals surface area contributed by atoms with Gasteiger partial charge in [0.25, 0.3) is 0 Å². The van der Waals surface area contributed by atoms with Gasteiger partial charge in [-0.1, -0.05) is 41.9 Å². The maximum absolute atomic E-state index is 11.0. The third-order valence-electron chi connectivity index (χ3n) is 4.10. The number of methoxy groups -OCH3 is 1. The summed E-state index contributed by atoms with van der Waals surface area (Å²) in [6, 6.07) is 13.8. The first-order chi connectivity index (χ1) is 9.62. The molecule has 0 heterocycles. The Balaban J connectivity index is 1.98. The standard InChI is InChI=1S/C17H17ClO2/c1-20-16-10-14(6-7-15(16)18)17(19)9-8-12-4-2-3-5-13(12)11-17/h2-7,10,19H,8-9,11H2,1H3. The lowest BCUT2D eigenvalue weighted by molar-refractivity contribution is 0.0221. The minimum atomic E-state index is -0.841. The summed E-state index contributed by atoms with van der Waals surface area (Å²) in [6.07, 6.45) is 2.24. The van der Waals surface area contributed by atoms with E-state index in [-0.39, 0.29) is 0 Å². The monoisotopic (exact) mass is 288 g/mol. The van der Waals surface area contributed by atoms with E-state index in [1.165, 1.54) is 11.1 Å². The molecule has 0 aliphatic heterocycles. The van der Waals surface area contributed by atoms with Crippen molar-refractivity contribution in [1.29, 1.82) is 0 Å². The van der Waals surface area contributed by atoms with E-state index in [1.54, 1.807) is 13.2 Å². The zero-order chi connectivity index (χ0) is 14.2. The Bertz CT molecular complexity index is 639. The average molecular weight is 289 g/mol. The number of benzene rings is 2. The van der Waals surface area contributed by atoms with Crippen molar-refractivity contribution in [1.82, 2.24) is 0 Å². The molecule has 0 amide bonds. The number of halogens is 1. The molecule has 20 heavy (non-hydrogen) atoms. The van der Waals surface area contributed by atoms with Gasteiger partial charge in [-0.05, 0) is 41.7 Å². The Morgan fingerprint density at radius 2 is 1.90 bits per heavy atom. The van der Waals surface area contributed by atoms with E-state index in [0.717, 1.165) is 18.4 Å². The van der Waals surface area contributed by atoms with E-state index in [2.05, 4.69) is 18.2 Å². The zero-order valence-corrected chi connectivity index (χ0v) is 12.2. The molecule has 1 aliphatic rings. The molecule has 0 aromatic heterocycles. The van der Waals surface area contributed by atoms with Gasteiger partial charge in [-0.3, -0.25) is 0 Å². The van der Waals surface area contributed by atoms with Crippen LogP contribution in [0.15, 0.2) is 42.5 Å². The van der Waals surface area contributed by atoms with Crippen molar-refractivity contribution in [2.24, 2.45) is 0 Å². The first-order valence-corrected chi connectivity index (χ1v) is 7.13. The normalized spacial score (nSPS) is 21.4. The summed E-state index contributed by atoms with van der Waals surface area (Å²) in [4.78, 5) is 0. The van der Waals surface area contributed by atoms with Gasteiger partial charge in [-0.2, -0.15) is 0 Å². The zero-order valence-electron chi connectivity index (χ0n) is 11.4. The summed E-state index contributed by atoms with van der Waals surface area (Å²) < 4.78 is 5.25. The van der Waals surface area contributed by atoms with Crippen LogP contribution in [0, 0.1) is 0 Å². The molecule has 2 aromatic carbocycles. The number of aliphatic hydroxyl groups is 1. The molecule has 104 valence electrons. The summed E-state index contributed by atoms with van der Waals surface area (Å²) in [6.45, 7) is 0. The highest BCUT2D eigenvalue weighted by Crippen LogP contribution is 2.38. The Morgan fingerprint density at radius 1 is 1.15 bits per heavy atom. The van der Waals surface area contributed by atoms with Crippen LogP contribution in [-0.2, 0) is 18.4 Å². The van der Waals surface area contributed by atoms with Crippen molar-refractivity contribution in [2.75, 3.05) is 7.11 Å². The molecule has 0 spiro atoms. The third kappa shape index (κ3) is 2.30. The second-order valence-electron chi connectivity index (χ2n) is 5.33. The van der Waals surface area contributed by atoms with Gasteiger partial charge in [-0.15, -0.1) is 0 Å². The fraction of sp³-hybridized carbons (Fsp3) is 0.294. The average Bonchev–Trinajstić information content (AvgIpc) is 2.47. The summed E-state index contributed by atoms with van der Waals surface area (Å²) >= 11 is 6.06. The van der Waals surface area contributed by atoms with E-state index in [4.69, 9.17) is 16.3 Å². The molecule has 1 unspecified atom stereocenters. The second kappa shape index (κ2) is 5.12. The van der Waals surface area contributed by atoms with E-state index in [1.807, 2.05) is 18.2 Å². The molecule has 0 fully saturated rings. The van der Waals surface area contributed by atoms with Crippen LogP contribution in [0.1, 0.15) is 23.1 Å². The highest BCUT2D eigenvalue weighted by atomic mass is 35.5. The molecule has 1 aliphatic carbocycles. The van der Waals surface area contributed by atoms with Crippen LogP contribution < -0.4 is 4.74 Å². The number of hydrogen-bond donors (Lipinski definition) is 1. The number of fused-ring (bicyclic) bond motifs is 1. The van der Waals surface area contributed by atoms with Gasteiger partial charge >= 0.3 is 0 Å². The lowest BCUT2D eigenvalue weighted by atomic mass is 9.76. The van der Waals surface area contributed by atoms with E-state index in [0.29, 0.717) is 17.2 Å². The molecule has 0 saturated carbocycles. The van der Waals surface area contributed by atoms with E-state index < -0.39 is 5.60 Å². The molecular formula is C17H17ClO2. The molecule has 1 N–H and O–H groups in total. The van der Waals surface area contributed by atoms with Gasteiger partial charge in [0.1, 0.15) is 5.75 Å². The van der Waals surface area contributed by atoms with Crippen LogP contribution in [0.25, 0.3) is 0 Å². The van der Waals surface area contributed by atoms with Gasteiger partial charge in [0, 0.05) is 6.42 Å². The first-order valence-electron chi connectivity index (χ1n) is 6.75. The van der Waals surface area contributed by atoms with Crippen molar-refractivity contribution in [3.8, 4) is 5.75 Å². The molecule has 0 radical (unpaired) electrons.